The summed E-state index contributed by atoms with van der Waals surface area (Å²) in [6.07, 6.45) is 4.56. The molecule has 0 unspecified atom stereocenters. The summed E-state index contributed by atoms with van der Waals surface area (Å²) in [4.78, 5) is 0. The molecule has 20 heavy (non-hydrogen) atoms. The molecule has 1 aromatic carbocycles. The van der Waals surface area contributed by atoms with Crippen molar-refractivity contribution in [2.75, 3.05) is 6.54 Å². The summed E-state index contributed by atoms with van der Waals surface area (Å²) in [6.45, 7) is 2.90. The zero-order valence-electron chi connectivity index (χ0n) is 11.3. The molecule has 0 amide bonds. The van der Waals surface area contributed by atoms with Crippen molar-refractivity contribution in [1.82, 2.24) is 4.31 Å². The van der Waals surface area contributed by atoms with Crippen molar-refractivity contribution < 1.29 is 13.2 Å². The molecule has 5 heteroatoms. The average molecular weight is 291 g/mol. The molecule has 2 saturated heterocycles. The van der Waals surface area contributed by atoms with Crippen molar-refractivity contribution in [3.63, 3.8) is 0 Å². The van der Waals surface area contributed by atoms with E-state index >= 15 is 0 Å². The van der Waals surface area contributed by atoms with Gasteiger partial charge >= 0.3 is 0 Å². The van der Waals surface area contributed by atoms with Gasteiger partial charge in [-0.25, -0.2) is 8.42 Å². The predicted octanol–water partition coefficient (Wildman–Crippen LogP) is 1.61. The molecule has 3 heterocycles. The Bertz CT molecular complexity index is 697. The van der Waals surface area contributed by atoms with E-state index in [1.807, 2.05) is 43.3 Å². The lowest BCUT2D eigenvalue weighted by Gasteiger charge is -2.19. The molecule has 4 rings (SSSR count). The maximum atomic E-state index is 12.7. The minimum absolute atomic E-state index is 0.00380. The second-order valence-electron chi connectivity index (χ2n) is 6.00. The fraction of sp³-hybridized carbons (Fsp3) is 0.467. The molecule has 2 bridgehead atoms. The van der Waals surface area contributed by atoms with Crippen LogP contribution in [0, 0.1) is 6.92 Å². The number of ether oxygens (including phenoxy) is 1. The van der Waals surface area contributed by atoms with Crippen molar-refractivity contribution in [1.29, 1.82) is 0 Å². The summed E-state index contributed by atoms with van der Waals surface area (Å²) >= 11 is 0. The maximum absolute atomic E-state index is 12.7. The number of sulfonamides is 1. The zero-order valence-corrected chi connectivity index (χ0v) is 12.1. The first-order chi connectivity index (χ1) is 9.49. The van der Waals surface area contributed by atoms with E-state index in [1.165, 1.54) is 0 Å². The normalized spacial score (nSPS) is 37.5. The number of hydrogen-bond donors (Lipinski definition) is 0. The fourth-order valence-corrected chi connectivity index (χ4v) is 5.84. The molecule has 0 aliphatic carbocycles. The second-order valence-corrected chi connectivity index (χ2v) is 8.11. The Morgan fingerprint density at radius 1 is 1.45 bits per heavy atom. The Morgan fingerprint density at radius 3 is 3.00 bits per heavy atom. The molecule has 0 N–H and O–H groups in total. The van der Waals surface area contributed by atoms with Gasteiger partial charge in [0.2, 0.25) is 10.0 Å². The first kappa shape index (κ1) is 12.6. The monoisotopic (exact) mass is 291 g/mol. The SMILES string of the molecule is Cc1cccc(CN2C[C@@]34C=C[C@@H](C[C@@H]3S2(=O)=O)O4)c1. The summed E-state index contributed by atoms with van der Waals surface area (Å²) in [5.74, 6) is 0. The van der Waals surface area contributed by atoms with E-state index in [4.69, 9.17) is 4.74 Å². The van der Waals surface area contributed by atoms with Crippen LogP contribution in [-0.2, 0) is 21.3 Å². The molecule has 3 atom stereocenters. The summed E-state index contributed by atoms with van der Waals surface area (Å²) in [7, 11) is -3.26. The van der Waals surface area contributed by atoms with Gasteiger partial charge in [0.1, 0.15) is 10.9 Å². The first-order valence-corrected chi connectivity index (χ1v) is 8.42. The number of hydrogen-bond acceptors (Lipinski definition) is 3. The molecule has 1 spiro atoms. The lowest BCUT2D eigenvalue weighted by atomic mass is 9.94. The quantitative estimate of drug-likeness (QED) is 0.778. The summed E-state index contributed by atoms with van der Waals surface area (Å²) in [5, 5.41) is -0.394. The van der Waals surface area contributed by atoms with Crippen molar-refractivity contribution in [2.45, 2.75) is 36.8 Å². The Balaban J connectivity index is 1.66. The largest absolute Gasteiger partial charge is 0.361 e. The van der Waals surface area contributed by atoms with E-state index in [-0.39, 0.29) is 6.10 Å². The number of benzene rings is 1. The van der Waals surface area contributed by atoms with Gasteiger partial charge in [-0.3, -0.25) is 0 Å². The van der Waals surface area contributed by atoms with Crippen molar-refractivity contribution in [3.8, 4) is 0 Å². The molecule has 1 aromatic rings. The van der Waals surface area contributed by atoms with Crippen LogP contribution in [0.15, 0.2) is 36.4 Å². The minimum atomic E-state index is -3.26. The van der Waals surface area contributed by atoms with Crippen LogP contribution in [-0.4, -0.2) is 36.2 Å². The highest BCUT2D eigenvalue weighted by Crippen LogP contribution is 2.48. The van der Waals surface area contributed by atoms with E-state index in [1.54, 1.807) is 4.31 Å². The van der Waals surface area contributed by atoms with Gasteiger partial charge in [-0.05, 0) is 18.9 Å². The number of rotatable bonds is 2. The molecule has 0 aromatic heterocycles. The Labute approximate surface area is 119 Å². The van der Waals surface area contributed by atoms with E-state index in [2.05, 4.69) is 0 Å². The maximum Gasteiger partial charge on any atom is 0.220 e. The van der Waals surface area contributed by atoms with E-state index in [0.29, 0.717) is 19.5 Å². The highest BCUT2D eigenvalue weighted by Gasteiger charge is 2.63. The van der Waals surface area contributed by atoms with Crippen LogP contribution in [0.4, 0.5) is 0 Å². The van der Waals surface area contributed by atoms with Crippen LogP contribution >= 0.6 is 0 Å². The van der Waals surface area contributed by atoms with Crippen LogP contribution in [0.2, 0.25) is 0 Å². The van der Waals surface area contributed by atoms with Gasteiger partial charge in [0.05, 0.1) is 6.10 Å². The van der Waals surface area contributed by atoms with Crippen molar-refractivity contribution in [2.24, 2.45) is 0 Å². The Hall–Kier alpha value is -1.17. The molecular formula is C15H17NO3S. The molecule has 3 aliphatic rings. The number of nitrogens with zero attached hydrogens (tertiary/aromatic N) is 1. The topological polar surface area (TPSA) is 46.6 Å². The van der Waals surface area contributed by atoms with E-state index < -0.39 is 20.9 Å². The molecule has 4 nitrogen and oxygen atoms in total. The van der Waals surface area contributed by atoms with Crippen LogP contribution in [0.5, 0.6) is 0 Å². The summed E-state index contributed by atoms with van der Waals surface area (Å²) in [6, 6.07) is 8.00. The average Bonchev–Trinajstić information content (AvgIpc) is 3.00. The van der Waals surface area contributed by atoms with Gasteiger partial charge in [-0.2, -0.15) is 4.31 Å². The smallest absolute Gasteiger partial charge is 0.220 e. The Kier molecular flexibility index (Phi) is 2.47. The fourth-order valence-electron chi connectivity index (χ4n) is 3.62. The summed E-state index contributed by atoms with van der Waals surface area (Å²) < 4.78 is 32.8. The molecular weight excluding hydrogens is 274 g/mol. The van der Waals surface area contributed by atoms with Gasteiger partial charge in [0, 0.05) is 13.1 Å². The van der Waals surface area contributed by atoms with Crippen molar-refractivity contribution >= 4 is 10.0 Å². The minimum Gasteiger partial charge on any atom is -0.361 e. The first-order valence-electron chi connectivity index (χ1n) is 6.91. The lowest BCUT2D eigenvalue weighted by molar-refractivity contribution is 0.0298. The molecule has 3 aliphatic heterocycles. The van der Waals surface area contributed by atoms with Gasteiger partial charge in [-0.15, -0.1) is 0 Å². The standard InChI is InChI=1S/C15H17NO3S/c1-11-3-2-4-12(7-11)9-16-10-15-6-5-13(19-15)8-14(15)20(16,17)18/h2-7,13-14H,8-10H2,1H3/t13-,14-,15-/m0/s1. The third-order valence-electron chi connectivity index (χ3n) is 4.54. The van der Waals surface area contributed by atoms with Gasteiger partial charge in [0.15, 0.2) is 0 Å². The zero-order chi connectivity index (χ0) is 14.0. The molecule has 0 saturated carbocycles. The summed E-state index contributed by atoms with van der Waals surface area (Å²) in [5.41, 5.74) is 1.59. The van der Waals surface area contributed by atoms with Crippen LogP contribution < -0.4 is 0 Å². The van der Waals surface area contributed by atoms with Crippen LogP contribution in [0.1, 0.15) is 17.5 Å². The predicted molar refractivity (Wildman–Crippen MR) is 75.7 cm³/mol. The van der Waals surface area contributed by atoms with Gasteiger partial charge in [-0.1, -0.05) is 42.0 Å². The lowest BCUT2D eigenvalue weighted by Crippen LogP contribution is -2.36. The Morgan fingerprint density at radius 2 is 2.30 bits per heavy atom. The number of aryl methyl sites for hydroxylation is 1. The highest BCUT2D eigenvalue weighted by atomic mass is 32.2. The van der Waals surface area contributed by atoms with Crippen molar-refractivity contribution in [3.05, 3.63) is 47.5 Å². The van der Waals surface area contributed by atoms with Gasteiger partial charge in [0.25, 0.3) is 0 Å². The van der Waals surface area contributed by atoms with E-state index in [9.17, 15) is 8.42 Å². The highest BCUT2D eigenvalue weighted by molar-refractivity contribution is 7.90. The van der Waals surface area contributed by atoms with Crippen LogP contribution in [0.25, 0.3) is 0 Å². The van der Waals surface area contributed by atoms with Gasteiger partial charge < -0.3 is 4.74 Å². The molecule has 2 fully saturated rings. The third-order valence-corrected chi connectivity index (χ3v) is 6.83. The molecule has 106 valence electrons. The van der Waals surface area contributed by atoms with Crippen LogP contribution in [0.3, 0.4) is 0 Å². The number of fused-ring (bicyclic) bond motifs is 1. The molecule has 0 radical (unpaired) electrons. The second kappa shape index (κ2) is 3.93. The third kappa shape index (κ3) is 1.63. The van der Waals surface area contributed by atoms with E-state index in [0.717, 1.165) is 11.1 Å².